The van der Waals surface area contributed by atoms with E-state index in [0.717, 1.165) is 23.0 Å². The third kappa shape index (κ3) is 3.17. The van der Waals surface area contributed by atoms with Crippen molar-refractivity contribution in [2.45, 2.75) is 20.3 Å². The van der Waals surface area contributed by atoms with Crippen LogP contribution in [0, 0.1) is 23.1 Å². The lowest BCUT2D eigenvalue weighted by atomic mass is 10.4. The molecule has 0 aliphatic rings. The zero-order valence-electron chi connectivity index (χ0n) is 15.3. The van der Waals surface area contributed by atoms with E-state index in [2.05, 4.69) is 30.4 Å². The van der Waals surface area contributed by atoms with Gasteiger partial charge in [0.1, 0.15) is 20.9 Å². The molecule has 0 saturated heterocycles. The molecule has 12 heteroatoms. The number of nitrogens with one attached hydrogen (secondary N) is 2. The first-order chi connectivity index (χ1) is 12.8. The second kappa shape index (κ2) is 6.39. The predicted molar refractivity (Wildman–Crippen MR) is 103 cm³/mol. The van der Waals surface area contributed by atoms with E-state index >= 15 is 0 Å². The van der Waals surface area contributed by atoms with Crippen LogP contribution in [0.4, 0.5) is 0 Å². The maximum absolute atomic E-state index is 5.33. The van der Waals surface area contributed by atoms with Gasteiger partial charge in [0.25, 0.3) is 11.9 Å². The van der Waals surface area contributed by atoms with Gasteiger partial charge in [0.2, 0.25) is 0 Å². The molecule has 0 radical (unpaired) electrons. The first-order valence-corrected chi connectivity index (χ1v) is 9.01. The summed E-state index contributed by atoms with van der Waals surface area (Å²) in [7, 11) is 3.68. The van der Waals surface area contributed by atoms with Gasteiger partial charge in [-0.05, 0) is 26.0 Å². The quantitative estimate of drug-likeness (QED) is 0.505. The van der Waals surface area contributed by atoms with Crippen LogP contribution in [-0.4, -0.2) is 49.1 Å². The van der Waals surface area contributed by atoms with Crippen molar-refractivity contribution in [2.75, 3.05) is 0 Å². The Morgan fingerprint density at radius 3 is 1.56 bits per heavy atom. The van der Waals surface area contributed by atoms with Crippen LogP contribution in [-0.2, 0) is 20.5 Å². The Hall–Kier alpha value is -2.86. The van der Waals surface area contributed by atoms with Crippen molar-refractivity contribution >= 4 is 24.4 Å². The van der Waals surface area contributed by atoms with Gasteiger partial charge in [-0.15, -0.1) is 10.2 Å². The highest BCUT2D eigenvalue weighted by Crippen LogP contribution is 2.11. The molecule has 2 N–H and O–H groups in total. The van der Waals surface area contributed by atoms with Crippen LogP contribution in [0.3, 0.4) is 0 Å². The molecule has 0 aliphatic carbocycles. The molecule has 0 bridgehead atoms. The summed E-state index contributed by atoms with van der Waals surface area (Å²) in [5, 5.41) is 15.2. The van der Waals surface area contributed by atoms with Crippen molar-refractivity contribution in [3.63, 3.8) is 0 Å². The van der Waals surface area contributed by atoms with Crippen molar-refractivity contribution in [3.05, 3.63) is 44.5 Å². The van der Waals surface area contributed by atoms with Crippen molar-refractivity contribution in [1.29, 1.82) is 0 Å². The normalized spacial score (nSPS) is 11.4. The van der Waals surface area contributed by atoms with E-state index in [1.165, 1.54) is 0 Å². The summed E-state index contributed by atoms with van der Waals surface area (Å²) in [5.41, 5.74) is 1.90. The zero-order chi connectivity index (χ0) is 19.3. The van der Waals surface area contributed by atoms with Gasteiger partial charge in [-0.3, -0.25) is 19.6 Å². The monoisotopic (exact) mass is 402 g/mol. The number of hydrogen-bond donors (Lipinski definition) is 2. The molecule has 4 aromatic heterocycles. The molecule has 0 atom stereocenters. The molecule has 10 nitrogen and oxygen atoms in total. The maximum Gasteiger partial charge on any atom is 0.269 e. The van der Waals surface area contributed by atoms with Crippen LogP contribution in [0.25, 0.3) is 11.9 Å². The summed E-state index contributed by atoms with van der Waals surface area (Å²) < 4.78 is 8.04. The third-order valence-corrected chi connectivity index (χ3v) is 4.70. The number of aromatic nitrogens is 10. The SMILES string of the molecule is Cc1cc(=S)n(-c2nc(Cc3nc(-n4[nH]c(C)cc4=S)nn3C)n(C)n2)[nH]1. The Labute approximate surface area is 164 Å². The molecule has 4 rings (SSSR count). The van der Waals surface area contributed by atoms with Gasteiger partial charge in [0.05, 0.1) is 6.42 Å². The van der Waals surface area contributed by atoms with E-state index < -0.39 is 0 Å². The van der Waals surface area contributed by atoms with Gasteiger partial charge in [-0.2, -0.15) is 9.97 Å². The molecule has 27 heavy (non-hydrogen) atoms. The smallest absolute Gasteiger partial charge is 0.269 e. The molecule has 4 heterocycles. The Bertz CT molecular complexity index is 1150. The first kappa shape index (κ1) is 17.5. The summed E-state index contributed by atoms with van der Waals surface area (Å²) in [6.45, 7) is 3.87. The molecule has 0 unspecified atom stereocenters. The van der Waals surface area contributed by atoms with E-state index in [0.29, 0.717) is 27.6 Å². The summed E-state index contributed by atoms with van der Waals surface area (Å²) >= 11 is 10.7. The van der Waals surface area contributed by atoms with E-state index in [1.807, 2.05) is 40.1 Å². The fourth-order valence-electron chi connectivity index (χ4n) is 2.77. The average Bonchev–Trinajstić information content (AvgIpc) is 3.30. The number of nitrogens with zero attached hydrogens (tertiary/aromatic N) is 8. The minimum Gasteiger partial charge on any atom is -0.295 e. The van der Waals surface area contributed by atoms with Crippen LogP contribution >= 0.6 is 24.4 Å². The highest BCUT2D eigenvalue weighted by atomic mass is 32.1. The highest BCUT2D eigenvalue weighted by Gasteiger charge is 2.16. The minimum absolute atomic E-state index is 0.465. The van der Waals surface area contributed by atoms with Crippen LogP contribution in [0.1, 0.15) is 23.0 Å². The number of aryl methyl sites for hydroxylation is 4. The average molecular weight is 403 g/mol. The topological polar surface area (TPSA) is 103 Å². The largest absolute Gasteiger partial charge is 0.295 e. The molecule has 0 aliphatic heterocycles. The summed E-state index contributed by atoms with van der Waals surface area (Å²) in [6, 6.07) is 3.73. The van der Waals surface area contributed by atoms with Gasteiger partial charge in [0, 0.05) is 25.5 Å². The van der Waals surface area contributed by atoms with Gasteiger partial charge in [-0.25, -0.2) is 9.36 Å². The lowest BCUT2D eigenvalue weighted by molar-refractivity contribution is 0.663. The van der Waals surface area contributed by atoms with Crippen molar-refractivity contribution in [1.82, 2.24) is 49.1 Å². The molecule has 0 amide bonds. The maximum atomic E-state index is 5.33. The van der Waals surface area contributed by atoms with Crippen molar-refractivity contribution < 1.29 is 0 Å². The van der Waals surface area contributed by atoms with Crippen LogP contribution in [0.2, 0.25) is 0 Å². The molecule has 0 fully saturated rings. The van der Waals surface area contributed by atoms with Crippen molar-refractivity contribution in [2.24, 2.45) is 14.1 Å². The lowest BCUT2D eigenvalue weighted by Crippen LogP contribution is -2.05. The number of aromatic amines is 2. The Kier molecular flexibility index (Phi) is 4.15. The second-order valence-electron chi connectivity index (χ2n) is 6.31. The Morgan fingerprint density at radius 1 is 0.815 bits per heavy atom. The third-order valence-electron chi connectivity index (χ3n) is 4.10. The summed E-state index contributed by atoms with van der Waals surface area (Å²) in [5.74, 6) is 2.48. The predicted octanol–water partition coefficient (Wildman–Crippen LogP) is 1.85. The van der Waals surface area contributed by atoms with Gasteiger partial charge >= 0.3 is 0 Å². The summed E-state index contributed by atoms with van der Waals surface area (Å²) in [4.78, 5) is 9.19. The van der Waals surface area contributed by atoms with E-state index in [1.54, 1.807) is 18.7 Å². The molecule has 0 aromatic carbocycles. The molecular weight excluding hydrogens is 384 g/mol. The molecule has 0 saturated carbocycles. The molecular formula is C15H18N10S2. The van der Waals surface area contributed by atoms with Gasteiger partial charge < -0.3 is 0 Å². The van der Waals surface area contributed by atoms with Crippen LogP contribution in [0.5, 0.6) is 0 Å². The van der Waals surface area contributed by atoms with Crippen LogP contribution < -0.4 is 0 Å². The number of rotatable bonds is 4. The number of H-pyrrole nitrogens is 2. The van der Waals surface area contributed by atoms with Crippen molar-refractivity contribution in [3.8, 4) is 11.9 Å². The van der Waals surface area contributed by atoms with E-state index in [4.69, 9.17) is 24.4 Å². The molecule has 140 valence electrons. The van der Waals surface area contributed by atoms with Gasteiger partial charge in [-0.1, -0.05) is 24.4 Å². The fraction of sp³-hybridized carbons (Fsp3) is 0.333. The first-order valence-electron chi connectivity index (χ1n) is 8.19. The minimum atomic E-state index is 0.465. The van der Waals surface area contributed by atoms with E-state index in [9.17, 15) is 0 Å². The Balaban J connectivity index is 1.67. The van der Waals surface area contributed by atoms with Crippen LogP contribution in [0.15, 0.2) is 12.1 Å². The Morgan fingerprint density at radius 2 is 1.22 bits per heavy atom. The summed E-state index contributed by atoms with van der Waals surface area (Å²) in [6.07, 6.45) is 0.465. The standard InChI is InChI=1S/C15H18N10S2/c1-8-5-12(26)24(18-8)14-16-10(22(3)20-14)7-11-17-15(21-23(11)4)25-13(27)6-9(2)19-25/h5-6,18-19H,7H2,1-4H3. The van der Waals surface area contributed by atoms with E-state index in [-0.39, 0.29) is 0 Å². The second-order valence-corrected chi connectivity index (χ2v) is 7.14. The van der Waals surface area contributed by atoms with Gasteiger partial charge in [0.15, 0.2) is 0 Å². The molecule has 4 aromatic rings. The lowest BCUT2D eigenvalue weighted by Gasteiger charge is -1.98. The number of hydrogen-bond acceptors (Lipinski definition) is 6. The zero-order valence-corrected chi connectivity index (χ0v) is 16.9. The molecule has 0 spiro atoms. The highest BCUT2D eigenvalue weighted by molar-refractivity contribution is 7.71. The fourth-order valence-corrected chi connectivity index (χ4v) is 3.38.